The highest BCUT2D eigenvalue weighted by Gasteiger charge is 2.21. The van der Waals surface area contributed by atoms with Gasteiger partial charge in [-0.25, -0.2) is 0 Å². The molecule has 0 saturated heterocycles. The lowest BCUT2D eigenvalue weighted by Gasteiger charge is -2.15. The van der Waals surface area contributed by atoms with E-state index in [1.54, 1.807) is 18.2 Å². The Kier molecular flexibility index (Phi) is 5.27. The van der Waals surface area contributed by atoms with Gasteiger partial charge in [0.25, 0.3) is 0 Å². The monoisotopic (exact) mass is 322 g/mol. The van der Waals surface area contributed by atoms with Gasteiger partial charge in [-0.2, -0.15) is 0 Å². The number of aliphatic carboxylic acids is 1. The summed E-state index contributed by atoms with van der Waals surface area (Å²) in [6.07, 6.45) is 0.778. The molecular formula is C17H16Cl2O2. The Hall–Kier alpha value is -1.51. The fourth-order valence-electron chi connectivity index (χ4n) is 2.34. The van der Waals surface area contributed by atoms with Gasteiger partial charge in [-0.3, -0.25) is 4.79 Å². The summed E-state index contributed by atoms with van der Waals surface area (Å²) in [5.41, 5.74) is 2.82. The van der Waals surface area contributed by atoms with Crippen molar-refractivity contribution in [2.75, 3.05) is 0 Å². The van der Waals surface area contributed by atoms with E-state index in [4.69, 9.17) is 23.2 Å². The van der Waals surface area contributed by atoms with Crippen molar-refractivity contribution < 1.29 is 9.90 Å². The maximum absolute atomic E-state index is 11.5. The maximum atomic E-state index is 11.5. The zero-order chi connectivity index (χ0) is 15.4. The van der Waals surface area contributed by atoms with Gasteiger partial charge < -0.3 is 5.11 Å². The van der Waals surface area contributed by atoms with E-state index in [-0.39, 0.29) is 0 Å². The van der Waals surface area contributed by atoms with Crippen molar-refractivity contribution in [2.45, 2.75) is 19.8 Å². The molecule has 4 heteroatoms. The molecule has 1 unspecified atom stereocenters. The van der Waals surface area contributed by atoms with Crippen LogP contribution in [-0.2, 0) is 17.6 Å². The summed E-state index contributed by atoms with van der Waals surface area (Å²) in [6.45, 7) is 1.99. The highest BCUT2D eigenvalue weighted by atomic mass is 35.5. The summed E-state index contributed by atoms with van der Waals surface area (Å²) < 4.78 is 0. The van der Waals surface area contributed by atoms with Crippen LogP contribution < -0.4 is 0 Å². The normalized spacial score (nSPS) is 12.1. The second-order valence-corrected chi connectivity index (χ2v) is 5.95. The molecule has 110 valence electrons. The molecule has 0 aliphatic rings. The first-order valence-corrected chi connectivity index (χ1v) is 7.44. The first-order chi connectivity index (χ1) is 9.97. The van der Waals surface area contributed by atoms with Crippen molar-refractivity contribution in [1.82, 2.24) is 0 Å². The Bertz CT molecular complexity index is 633. The van der Waals surface area contributed by atoms with Crippen molar-refractivity contribution in [3.8, 4) is 0 Å². The van der Waals surface area contributed by atoms with Gasteiger partial charge in [-0.1, -0.05) is 59.1 Å². The number of hydrogen-bond donors (Lipinski definition) is 1. The summed E-state index contributed by atoms with van der Waals surface area (Å²) in [5.74, 6) is -1.39. The number of carbonyl (C=O) groups is 1. The fraction of sp³-hybridized carbons (Fsp3) is 0.235. The predicted octanol–water partition coefficient (Wildman–Crippen LogP) is 4.79. The van der Waals surface area contributed by atoms with Crippen LogP contribution in [0.5, 0.6) is 0 Å². The van der Waals surface area contributed by atoms with Crippen molar-refractivity contribution in [2.24, 2.45) is 5.92 Å². The van der Waals surface area contributed by atoms with Gasteiger partial charge in [0, 0.05) is 10.0 Å². The number of benzene rings is 2. The average Bonchev–Trinajstić information content (AvgIpc) is 2.41. The highest BCUT2D eigenvalue weighted by molar-refractivity contribution is 6.36. The van der Waals surface area contributed by atoms with Gasteiger partial charge in [-0.15, -0.1) is 0 Å². The Morgan fingerprint density at radius 3 is 2.29 bits per heavy atom. The molecule has 2 aromatic carbocycles. The lowest BCUT2D eigenvalue weighted by atomic mass is 9.92. The summed E-state index contributed by atoms with van der Waals surface area (Å²) in [5, 5.41) is 10.5. The molecule has 0 heterocycles. The summed E-state index contributed by atoms with van der Waals surface area (Å²) >= 11 is 12.3. The number of carboxylic acid groups (broad SMARTS) is 1. The number of rotatable bonds is 5. The molecule has 0 fully saturated rings. The van der Waals surface area contributed by atoms with Crippen molar-refractivity contribution in [1.29, 1.82) is 0 Å². The SMILES string of the molecule is Cc1cccc(CC(Cc2c(Cl)cccc2Cl)C(=O)O)c1. The van der Waals surface area contributed by atoms with E-state index in [0.717, 1.165) is 11.1 Å². The van der Waals surface area contributed by atoms with Gasteiger partial charge in [0.2, 0.25) is 0 Å². The second-order valence-electron chi connectivity index (χ2n) is 5.13. The van der Waals surface area contributed by atoms with Crippen LogP contribution in [0.1, 0.15) is 16.7 Å². The van der Waals surface area contributed by atoms with Crippen LogP contribution in [0, 0.1) is 12.8 Å². The Labute approximate surface area is 134 Å². The van der Waals surface area contributed by atoms with Gasteiger partial charge in [-0.05, 0) is 43.0 Å². The van der Waals surface area contributed by atoms with Crippen molar-refractivity contribution >= 4 is 29.2 Å². The average molecular weight is 323 g/mol. The third kappa shape index (κ3) is 4.23. The quantitative estimate of drug-likeness (QED) is 0.859. The number of hydrogen-bond acceptors (Lipinski definition) is 1. The predicted molar refractivity (Wildman–Crippen MR) is 86.2 cm³/mol. The summed E-state index contributed by atoms with van der Waals surface area (Å²) in [4.78, 5) is 11.5. The number of carboxylic acids is 1. The van der Waals surface area contributed by atoms with Gasteiger partial charge in [0.15, 0.2) is 0 Å². The largest absolute Gasteiger partial charge is 0.481 e. The van der Waals surface area contributed by atoms with Crippen LogP contribution in [-0.4, -0.2) is 11.1 Å². The molecule has 0 radical (unpaired) electrons. The first-order valence-electron chi connectivity index (χ1n) is 6.68. The Morgan fingerprint density at radius 1 is 1.10 bits per heavy atom. The van der Waals surface area contributed by atoms with Crippen molar-refractivity contribution in [3.05, 3.63) is 69.2 Å². The fourth-order valence-corrected chi connectivity index (χ4v) is 2.90. The minimum atomic E-state index is -0.840. The molecule has 1 atom stereocenters. The zero-order valence-corrected chi connectivity index (χ0v) is 13.2. The molecular weight excluding hydrogens is 307 g/mol. The first kappa shape index (κ1) is 15.9. The molecule has 2 aromatic rings. The highest BCUT2D eigenvalue weighted by Crippen LogP contribution is 2.28. The summed E-state index contributed by atoms with van der Waals surface area (Å²) in [6, 6.07) is 13.1. The van der Waals surface area contributed by atoms with Gasteiger partial charge in [0.05, 0.1) is 5.92 Å². The van der Waals surface area contributed by atoms with Crippen LogP contribution >= 0.6 is 23.2 Å². The third-order valence-electron chi connectivity index (χ3n) is 3.43. The molecule has 0 aliphatic carbocycles. The minimum Gasteiger partial charge on any atom is -0.481 e. The topological polar surface area (TPSA) is 37.3 Å². The summed E-state index contributed by atoms with van der Waals surface area (Å²) in [7, 11) is 0. The van der Waals surface area contributed by atoms with E-state index in [0.29, 0.717) is 28.5 Å². The number of halogens is 2. The molecule has 2 rings (SSSR count). The molecule has 0 amide bonds. The van der Waals surface area contributed by atoms with Crippen LogP contribution in [0.25, 0.3) is 0 Å². The zero-order valence-electron chi connectivity index (χ0n) is 11.6. The van der Waals surface area contributed by atoms with Crippen LogP contribution in [0.15, 0.2) is 42.5 Å². The molecule has 2 nitrogen and oxygen atoms in total. The molecule has 0 bridgehead atoms. The van der Waals surface area contributed by atoms with Crippen molar-refractivity contribution in [3.63, 3.8) is 0 Å². The Morgan fingerprint density at radius 2 is 1.71 bits per heavy atom. The maximum Gasteiger partial charge on any atom is 0.307 e. The number of aryl methyl sites for hydroxylation is 1. The van der Waals surface area contributed by atoms with Crippen LogP contribution in [0.2, 0.25) is 10.0 Å². The molecule has 0 aromatic heterocycles. The standard InChI is InChI=1S/C17H16Cl2O2/c1-11-4-2-5-12(8-11)9-13(17(20)21)10-14-15(18)6-3-7-16(14)19/h2-8,13H,9-10H2,1H3,(H,20,21). The van der Waals surface area contributed by atoms with Crippen LogP contribution in [0.3, 0.4) is 0 Å². The van der Waals surface area contributed by atoms with E-state index >= 15 is 0 Å². The molecule has 0 aliphatic heterocycles. The second kappa shape index (κ2) is 6.97. The lowest BCUT2D eigenvalue weighted by Crippen LogP contribution is -2.19. The van der Waals surface area contributed by atoms with E-state index in [9.17, 15) is 9.90 Å². The molecule has 1 N–H and O–H groups in total. The minimum absolute atomic E-state index is 0.321. The molecule has 0 spiro atoms. The van der Waals surface area contributed by atoms with E-state index < -0.39 is 11.9 Å². The van der Waals surface area contributed by atoms with E-state index in [1.807, 2.05) is 31.2 Å². The van der Waals surface area contributed by atoms with Gasteiger partial charge in [0.1, 0.15) is 0 Å². The smallest absolute Gasteiger partial charge is 0.307 e. The lowest BCUT2D eigenvalue weighted by molar-refractivity contribution is -0.141. The van der Waals surface area contributed by atoms with Crippen LogP contribution in [0.4, 0.5) is 0 Å². The van der Waals surface area contributed by atoms with E-state index in [2.05, 4.69) is 0 Å². The molecule has 21 heavy (non-hydrogen) atoms. The van der Waals surface area contributed by atoms with Gasteiger partial charge >= 0.3 is 5.97 Å². The third-order valence-corrected chi connectivity index (χ3v) is 4.13. The van der Waals surface area contributed by atoms with E-state index in [1.165, 1.54) is 0 Å². The molecule has 0 saturated carbocycles. The Balaban J connectivity index is 2.22.